The summed E-state index contributed by atoms with van der Waals surface area (Å²) in [4.78, 5) is 39.0. The monoisotopic (exact) mass is 321 g/mol. The molecule has 1 aliphatic rings. The Hall–Kier alpha value is -2.11. The van der Waals surface area contributed by atoms with E-state index in [1.54, 1.807) is 20.8 Å². The fourth-order valence-electron chi connectivity index (χ4n) is 3.03. The maximum Gasteiger partial charge on any atom is 0.340 e. The van der Waals surface area contributed by atoms with Gasteiger partial charge in [-0.1, -0.05) is 12.8 Å². The molecule has 0 amide bonds. The highest BCUT2D eigenvalue weighted by Crippen LogP contribution is 2.26. The normalized spacial score (nSPS) is 14.7. The molecule has 1 N–H and O–H groups in total. The Kier molecular flexibility index (Phi) is 5.58. The van der Waals surface area contributed by atoms with Crippen molar-refractivity contribution in [3.63, 3.8) is 0 Å². The van der Waals surface area contributed by atoms with Crippen LogP contribution in [0.5, 0.6) is 0 Å². The number of hydrogen-bond acceptors (Lipinski definition) is 5. The molecule has 0 radical (unpaired) electrons. The van der Waals surface area contributed by atoms with Gasteiger partial charge < -0.3 is 14.5 Å². The van der Waals surface area contributed by atoms with Crippen molar-refractivity contribution in [1.82, 2.24) is 4.98 Å². The first kappa shape index (κ1) is 17.2. The minimum absolute atomic E-state index is 0.0793. The molecular formula is C17H23NO5. The topological polar surface area (TPSA) is 85.5 Å². The van der Waals surface area contributed by atoms with Crippen molar-refractivity contribution in [3.8, 4) is 0 Å². The van der Waals surface area contributed by atoms with Crippen LogP contribution in [0.15, 0.2) is 0 Å². The van der Waals surface area contributed by atoms with Gasteiger partial charge in [0.05, 0.1) is 23.8 Å². The smallest absolute Gasteiger partial charge is 0.340 e. The molecule has 1 saturated carbocycles. The second-order valence-corrected chi connectivity index (χ2v) is 5.86. The number of nitrogens with one attached hydrogen (secondary N) is 1. The molecule has 0 aromatic carbocycles. The molecule has 2 rings (SSSR count). The Morgan fingerprint density at radius 3 is 2.39 bits per heavy atom. The van der Waals surface area contributed by atoms with Crippen LogP contribution in [0.1, 0.15) is 64.7 Å². The molecule has 1 heterocycles. The first-order chi connectivity index (χ1) is 11.0. The molecule has 126 valence electrons. The summed E-state index contributed by atoms with van der Waals surface area (Å²) >= 11 is 0. The van der Waals surface area contributed by atoms with E-state index in [4.69, 9.17) is 9.47 Å². The van der Waals surface area contributed by atoms with Crippen molar-refractivity contribution in [2.75, 3.05) is 13.2 Å². The zero-order valence-corrected chi connectivity index (χ0v) is 13.9. The summed E-state index contributed by atoms with van der Waals surface area (Å²) in [6.45, 7) is 5.08. The minimum Gasteiger partial charge on any atom is -0.462 e. The molecule has 23 heavy (non-hydrogen) atoms. The molecule has 6 nitrogen and oxygen atoms in total. The van der Waals surface area contributed by atoms with Crippen molar-refractivity contribution in [1.29, 1.82) is 0 Å². The third-order valence-electron chi connectivity index (χ3n) is 4.23. The molecule has 6 heteroatoms. The van der Waals surface area contributed by atoms with Gasteiger partial charge in [-0.3, -0.25) is 9.59 Å². The highest BCUT2D eigenvalue weighted by molar-refractivity contribution is 6.02. The van der Waals surface area contributed by atoms with Crippen LogP contribution in [0.3, 0.4) is 0 Å². The molecule has 1 fully saturated rings. The van der Waals surface area contributed by atoms with Crippen molar-refractivity contribution < 1.29 is 23.9 Å². The van der Waals surface area contributed by atoms with Gasteiger partial charge in [0, 0.05) is 5.69 Å². The lowest BCUT2D eigenvalue weighted by Gasteiger charge is -2.08. The second kappa shape index (κ2) is 7.44. The Labute approximate surface area is 135 Å². The standard InChI is InChI=1S/C17H23NO5/c1-4-22-17(21)14-10(2)15(18-11(14)3)13(19)9-23-16(20)12-7-5-6-8-12/h12,18H,4-9H2,1-3H3. The lowest BCUT2D eigenvalue weighted by Crippen LogP contribution is -2.20. The van der Waals surface area contributed by atoms with Gasteiger partial charge in [0.25, 0.3) is 0 Å². The van der Waals surface area contributed by atoms with Crippen LogP contribution in [0.4, 0.5) is 0 Å². The van der Waals surface area contributed by atoms with Crippen LogP contribution in [0, 0.1) is 19.8 Å². The van der Waals surface area contributed by atoms with E-state index >= 15 is 0 Å². The van der Waals surface area contributed by atoms with E-state index < -0.39 is 5.97 Å². The first-order valence-corrected chi connectivity index (χ1v) is 8.01. The molecule has 0 unspecified atom stereocenters. The third kappa shape index (κ3) is 3.81. The summed E-state index contributed by atoms with van der Waals surface area (Å²) in [6.07, 6.45) is 3.73. The number of rotatable bonds is 6. The van der Waals surface area contributed by atoms with E-state index in [1.807, 2.05) is 0 Å². The maximum absolute atomic E-state index is 12.3. The van der Waals surface area contributed by atoms with E-state index in [0.29, 0.717) is 22.5 Å². The number of esters is 2. The molecule has 0 saturated heterocycles. The summed E-state index contributed by atoms with van der Waals surface area (Å²) in [6, 6.07) is 0. The predicted octanol–water partition coefficient (Wildman–Crippen LogP) is 2.72. The third-order valence-corrected chi connectivity index (χ3v) is 4.23. The number of H-pyrrole nitrogens is 1. The van der Waals surface area contributed by atoms with Crippen LogP contribution in [0.2, 0.25) is 0 Å². The average molecular weight is 321 g/mol. The average Bonchev–Trinajstić information content (AvgIpc) is 3.13. The van der Waals surface area contributed by atoms with Crippen LogP contribution in [0.25, 0.3) is 0 Å². The summed E-state index contributed by atoms with van der Waals surface area (Å²) in [5.41, 5.74) is 1.77. The SMILES string of the molecule is CCOC(=O)c1c(C)[nH]c(C(=O)COC(=O)C2CCCC2)c1C. The summed E-state index contributed by atoms with van der Waals surface area (Å²) in [7, 11) is 0. The number of carbonyl (C=O) groups excluding carboxylic acids is 3. The highest BCUT2D eigenvalue weighted by atomic mass is 16.5. The Morgan fingerprint density at radius 1 is 1.13 bits per heavy atom. The van der Waals surface area contributed by atoms with Crippen molar-refractivity contribution in [3.05, 3.63) is 22.5 Å². The molecule has 0 spiro atoms. The van der Waals surface area contributed by atoms with Crippen LogP contribution in [-0.2, 0) is 14.3 Å². The summed E-state index contributed by atoms with van der Waals surface area (Å²) < 4.78 is 10.1. The second-order valence-electron chi connectivity index (χ2n) is 5.86. The Balaban J connectivity index is 2.03. The van der Waals surface area contributed by atoms with E-state index in [2.05, 4.69) is 4.98 Å². The molecule has 0 aliphatic heterocycles. The van der Waals surface area contributed by atoms with Gasteiger partial charge in [-0.15, -0.1) is 0 Å². The first-order valence-electron chi connectivity index (χ1n) is 8.01. The number of Topliss-reactive ketones (excluding diaryl/α,β-unsaturated/α-hetero) is 1. The van der Waals surface area contributed by atoms with E-state index in [-0.39, 0.29) is 30.9 Å². The molecule has 0 atom stereocenters. The summed E-state index contributed by atoms with van der Waals surface area (Å²) in [5, 5.41) is 0. The number of hydrogen-bond donors (Lipinski definition) is 1. The van der Waals surface area contributed by atoms with Gasteiger partial charge in [0.2, 0.25) is 5.78 Å². The van der Waals surface area contributed by atoms with Crippen LogP contribution < -0.4 is 0 Å². The number of ether oxygens (including phenoxy) is 2. The van der Waals surface area contributed by atoms with Gasteiger partial charge >= 0.3 is 11.9 Å². The van der Waals surface area contributed by atoms with Gasteiger partial charge in [-0.25, -0.2) is 4.79 Å². The number of ketones is 1. The van der Waals surface area contributed by atoms with E-state index in [0.717, 1.165) is 25.7 Å². The summed E-state index contributed by atoms with van der Waals surface area (Å²) in [5.74, 6) is -1.18. The van der Waals surface area contributed by atoms with Crippen molar-refractivity contribution >= 4 is 17.7 Å². The Morgan fingerprint density at radius 2 is 1.78 bits per heavy atom. The zero-order chi connectivity index (χ0) is 17.0. The van der Waals surface area contributed by atoms with Gasteiger partial charge in [0.1, 0.15) is 0 Å². The quantitative estimate of drug-likeness (QED) is 0.643. The molecule has 0 bridgehead atoms. The highest BCUT2D eigenvalue weighted by Gasteiger charge is 2.26. The number of aromatic nitrogens is 1. The molecule has 1 aromatic rings. The number of carbonyl (C=O) groups is 3. The largest absolute Gasteiger partial charge is 0.462 e. The zero-order valence-electron chi connectivity index (χ0n) is 13.9. The minimum atomic E-state index is -0.458. The van der Waals surface area contributed by atoms with Crippen molar-refractivity contribution in [2.24, 2.45) is 5.92 Å². The fraction of sp³-hybridized carbons (Fsp3) is 0.588. The maximum atomic E-state index is 12.3. The van der Waals surface area contributed by atoms with Gasteiger partial charge in [-0.05, 0) is 39.2 Å². The van der Waals surface area contributed by atoms with Crippen molar-refractivity contribution in [2.45, 2.75) is 46.5 Å². The Bertz CT molecular complexity index is 611. The molecule has 1 aliphatic carbocycles. The van der Waals surface area contributed by atoms with Gasteiger partial charge in [0.15, 0.2) is 6.61 Å². The van der Waals surface area contributed by atoms with Gasteiger partial charge in [-0.2, -0.15) is 0 Å². The lowest BCUT2D eigenvalue weighted by atomic mass is 10.1. The van der Waals surface area contributed by atoms with E-state index in [9.17, 15) is 14.4 Å². The fourth-order valence-corrected chi connectivity index (χ4v) is 3.03. The van der Waals surface area contributed by atoms with Crippen LogP contribution in [-0.4, -0.2) is 35.9 Å². The molecule has 1 aromatic heterocycles. The van der Waals surface area contributed by atoms with Crippen LogP contribution >= 0.6 is 0 Å². The number of aromatic amines is 1. The predicted molar refractivity (Wildman–Crippen MR) is 83.5 cm³/mol. The lowest BCUT2D eigenvalue weighted by molar-refractivity contribution is -0.147. The number of aryl methyl sites for hydroxylation is 1. The van der Waals surface area contributed by atoms with E-state index in [1.165, 1.54) is 0 Å². The molecular weight excluding hydrogens is 298 g/mol.